The Labute approximate surface area is 75.8 Å². The summed E-state index contributed by atoms with van der Waals surface area (Å²) in [6.07, 6.45) is 6.99. The van der Waals surface area contributed by atoms with Crippen molar-refractivity contribution in [1.29, 1.82) is 0 Å². The maximum absolute atomic E-state index is 5.97. The molecule has 0 spiro atoms. The number of H-pyrrole nitrogens is 1. The van der Waals surface area contributed by atoms with E-state index in [1.807, 2.05) is 12.1 Å². The molecule has 0 aliphatic heterocycles. The summed E-state index contributed by atoms with van der Waals surface area (Å²) in [4.78, 5) is 3.93. The Balaban J connectivity index is 2.29. The molecule has 2 aromatic heterocycles. The van der Waals surface area contributed by atoms with Crippen LogP contribution in [-0.2, 0) is 0 Å². The molecule has 0 aliphatic rings. The normalized spacial score (nSPS) is 12.7. The van der Waals surface area contributed by atoms with Crippen LogP contribution >= 0.6 is 0 Å². The van der Waals surface area contributed by atoms with Gasteiger partial charge in [0.1, 0.15) is 0 Å². The number of hydrogen-bond donors (Lipinski definition) is 2. The third kappa shape index (κ3) is 1.57. The van der Waals surface area contributed by atoms with Crippen molar-refractivity contribution in [3.05, 3.63) is 48.0 Å². The monoisotopic (exact) mass is 174 g/mol. The predicted octanol–water partition coefficient (Wildman–Crippen LogP) is 0.853. The van der Waals surface area contributed by atoms with Crippen LogP contribution in [0.2, 0.25) is 0 Å². The van der Waals surface area contributed by atoms with Gasteiger partial charge in [-0.2, -0.15) is 5.10 Å². The summed E-state index contributed by atoms with van der Waals surface area (Å²) in [6, 6.07) is 3.68. The second-order valence-electron chi connectivity index (χ2n) is 2.79. The summed E-state index contributed by atoms with van der Waals surface area (Å²) in [7, 11) is 0. The van der Waals surface area contributed by atoms with Crippen molar-refractivity contribution in [2.24, 2.45) is 5.73 Å². The van der Waals surface area contributed by atoms with Gasteiger partial charge in [-0.3, -0.25) is 10.1 Å². The van der Waals surface area contributed by atoms with E-state index in [2.05, 4.69) is 15.2 Å². The van der Waals surface area contributed by atoms with Crippen LogP contribution in [0.1, 0.15) is 17.2 Å². The second-order valence-corrected chi connectivity index (χ2v) is 2.79. The van der Waals surface area contributed by atoms with Gasteiger partial charge in [0.25, 0.3) is 0 Å². The van der Waals surface area contributed by atoms with E-state index < -0.39 is 0 Å². The van der Waals surface area contributed by atoms with Crippen molar-refractivity contribution < 1.29 is 0 Å². The van der Waals surface area contributed by atoms with Crippen molar-refractivity contribution in [1.82, 2.24) is 15.2 Å². The number of nitrogens with two attached hydrogens (primary N) is 1. The number of pyridine rings is 1. The van der Waals surface area contributed by atoms with Gasteiger partial charge in [-0.25, -0.2) is 0 Å². The van der Waals surface area contributed by atoms with E-state index in [9.17, 15) is 0 Å². The van der Waals surface area contributed by atoms with Crippen LogP contribution in [0.5, 0.6) is 0 Å². The molecule has 4 heteroatoms. The largest absolute Gasteiger partial charge is 0.320 e. The van der Waals surface area contributed by atoms with Crippen LogP contribution in [0, 0.1) is 0 Å². The van der Waals surface area contributed by atoms with E-state index in [0.29, 0.717) is 0 Å². The van der Waals surface area contributed by atoms with E-state index in [0.717, 1.165) is 11.1 Å². The molecule has 2 heterocycles. The fourth-order valence-corrected chi connectivity index (χ4v) is 1.19. The number of hydrogen-bond acceptors (Lipinski definition) is 3. The van der Waals surface area contributed by atoms with Gasteiger partial charge in [-0.15, -0.1) is 0 Å². The molecule has 0 aromatic carbocycles. The Bertz CT molecular complexity index is 354. The highest BCUT2D eigenvalue weighted by Crippen LogP contribution is 2.16. The van der Waals surface area contributed by atoms with Gasteiger partial charge >= 0.3 is 0 Å². The fourth-order valence-electron chi connectivity index (χ4n) is 1.19. The minimum atomic E-state index is -0.123. The van der Waals surface area contributed by atoms with Gasteiger partial charge in [0.05, 0.1) is 12.2 Å². The van der Waals surface area contributed by atoms with Crippen molar-refractivity contribution in [3.8, 4) is 0 Å². The fraction of sp³-hybridized carbons (Fsp3) is 0.111. The molecule has 3 N–H and O–H groups in total. The maximum Gasteiger partial charge on any atom is 0.0583 e. The molecule has 0 aliphatic carbocycles. The van der Waals surface area contributed by atoms with Crippen LogP contribution in [-0.4, -0.2) is 15.2 Å². The molecule has 0 radical (unpaired) electrons. The van der Waals surface area contributed by atoms with Crippen molar-refractivity contribution in [2.75, 3.05) is 0 Å². The lowest BCUT2D eigenvalue weighted by molar-refractivity contribution is 0.869. The molecule has 0 bridgehead atoms. The highest BCUT2D eigenvalue weighted by Gasteiger charge is 2.08. The van der Waals surface area contributed by atoms with E-state index >= 15 is 0 Å². The molecule has 1 atom stereocenters. The van der Waals surface area contributed by atoms with Gasteiger partial charge in [0.15, 0.2) is 0 Å². The van der Waals surface area contributed by atoms with Gasteiger partial charge in [0.2, 0.25) is 0 Å². The molecule has 0 saturated carbocycles. The summed E-state index contributed by atoms with van der Waals surface area (Å²) in [5.41, 5.74) is 7.99. The first-order chi connectivity index (χ1) is 6.38. The SMILES string of the molecule is NC(c1ccncc1)c1cn[nH]c1. The Morgan fingerprint density at radius 1 is 1.23 bits per heavy atom. The third-order valence-electron chi connectivity index (χ3n) is 1.94. The summed E-state index contributed by atoms with van der Waals surface area (Å²) < 4.78 is 0. The Hall–Kier alpha value is -1.68. The molecular formula is C9H10N4. The summed E-state index contributed by atoms with van der Waals surface area (Å²) in [5, 5.41) is 6.58. The molecule has 1 unspecified atom stereocenters. The highest BCUT2D eigenvalue weighted by atomic mass is 15.1. The maximum atomic E-state index is 5.97. The second kappa shape index (κ2) is 3.37. The third-order valence-corrected chi connectivity index (χ3v) is 1.94. The standard InChI is InChI=1S/C9H10N4/c10-9(8-5-12-13-6-8)7-1-3-11-4-2-7/h1-6,9H,10H2,(H,12,13). The summed E-state index contributed by atoms with van der Waals surface area (Å²) >= 11 is 0. The Kier molecular flexibility index (Phi) is 2.06. The van der Waals surface area contributed by atoms with E-state index in [4.69, 9.17) is 5.73 Å². The average molecular weight is 174 g/mol. The number of aromatic nitrogens is 3. The Morgan fingerprint density at radius 2 is 2.00 bits per heavy atom. The number of nitrogens with one attached hydrogen (secondary N) is 1. The molecule has 66 valence electrons. The quantitative estimate of drug-likeness (QED) is 0.709. The first-order valence-corrected chi connectivity index (χ1v) is 4.02. The van der Waals surface area contributed by atoms with Crippen LogP contribution < -0.4 is 5.73 Å². The lowest BCUT2D eigenvalue weighted by Crippen LogP contribution is -2.10. The summed E-state index contributed by atoms with van der Waals surface area (Å²) in [6.45, 7) is 0. The lowest BCUT2D eigenvalue weighted by Gasteiger charge is -2.08. The van der Waals surface area contributed by atoms with Crippen LogP contribution in [0.4, 0.5) is 0 Å². The van der Waals surface area contributed by atoms with E-state index in [1.54, 1.807) is 24.8 Å². The number of aromatic amines is 1. The minimum absolute atomic E-state index is 0.123. The van der Waals surface area contributed by atoms with Gasteiger partial charge < -0.3 is 5.73 Å². The molecule has 0 amide bonds. The van der Waals surface area contributed by atoms with Gasteiger partial charge in [-0.1, -0.05) is 0 Å². The van der Waals surface area contributed by atoms with Crippen LogP contribution in [0.25, 0.3) is 0 Å². The highest BCUT2D eigenvalue weighted by molar-refractivity contribution is 5.25. The van der Waals surface area contributed by atoms with Crippen molar-refractivity contribution in [3.63, 3.8) is 0 Å². The predicted molar refractivity (Wildman–Crippen MR) is 48.9 cm³/mol. The average Bonchev–Trinajstić information content (AvgIpc) is 2.71. The molecule has 2 aromatic rings. The van der Waals surface area contributed by atoms with E-state index in [1.165, 1.54) is 0 Å². The van der Waals surface area contributed by atoms with Crippen molar-refractivity contribution in [2.45, 2.75) is 6.04 Å². The molecule has 0 fully saturated rings. The number of nitrogens with zero attached hydrogens (tertiary/aromatic N) is 2. The van der Waals surface area contributed by atoms with E-state index in [-0.39, 0.29) is 6.04 Å². The molecule has 0 saturated heterocycles. The minimum Gasteiger partial charge on any atom is -0.320 e. The molecule has 4 nitrogen and oxygen atoms in total. The topological polar surface area (TPSA) is 67.6 Å². The zero-order chi connectivity index (χ0) is 9.10. The zero-order valence-electron chi connectivity index (χ0n) is 7.01. The van der Waals surface area contributed by atoms with Gasteiger partial charge in [0, 0.05) is 24.2 Å². The molecule has 13 heavy (non-hydrogen) atoms. The first kappa shape index (κ1) is 7.94. The zero-order valence-corrected chi connectivity index (χ0v) is 7.01. The summed E-state index contributed by atoms with van der Waals surface area (Å²) in [5.74, 6) is 0. The Morgan fingerprint density at radius 3 is 2.62 bits per heavy atom. The first-order valence-electron chi connectivity index (χ1n) is 4.02. The smallest absolute Gasteiger partial charge is 0.0583 e. The van der Waals surface area contributed by atoms with Gasteiger partial charge in [-0.05, 0) is 17.7 Å². The molecular weight excluding hydrogens is 164 g/mol. The van der Waals surface area contributed by atoms with Crippen molar-refractivity contribution >= 4 is 0 Å². The van der Waals surface area contributed by atoms with Crippen LogP contribution in [0.15, 0.2) is 36.9 Å². The number of rotatable bonds is 2. The van der Waals surface area contributed by atoms with Crippen LogP contribution in [0.3, 0.4) is 0 Å². The lowest BCUT2D eigenvalue weighted by atomic mass is 10.0. The molecule has 2 rings (SSSR count).